The molecule has 7 heteroatoms. The van der Waals surface area contributed by atoms with E-state index in [4.69, 9.17) is 14.2 Å². The monoisotopic (exact) mass is 432 g/mol. The summed E-state index contributed by atoms with van der Waals surface area (Å²) in [5.74, 6) is 1.36. The summed E-state index contributed by atoms with van der Waals surface area (Å²) in [5, 5.41) is 5.64. The molecule has 1 heterocycles. The molecular formula is C25H24N2O5. The van der Waals surface area contributed by atoms with Gasteiger partial charge in [0.15, 0.2) is 18.1 Å². The number of rotatable bonds is 7. The fraction of sp³-hybridized carbons (Fsp3) is 0.200. The second-order valence-electron chi connectivity index (χ2n) is 7.52. The zero-order valence-electron chi connectivity index (χ0n) is 17.9. The average molecular weight is 432 g/mol. The first-order chi connectivity index (χ1) is 15.5. The predicted octanol–water partition coefficient (Wildman–Crippen LogP) is 3.98. The van der Waals surface area contributed by atoms with Crippen LogP contribution in [0.4, 0.5) is 5.69 Å². The van der Waals surface area contributed by atoms with Crippen LogP contribution in [0.1, 0.15) is 27.0 Å². The number of carbonyl (C=O) groups excluding carboxylic acids is 2. The lowest BCUT2D eigenvalue weighted by Gasteiger charge is -2.13. The number of anilines is 1. The van der Waals surface area contributed by atoms with E-state index in [2.05, 4.69) is 10.6 Å². The molecule has 7 nitrogen and oxygen atoms in total. The highest BCUT2D eigenvalue weighted by Crippen LogP contribution is 2.32. The van der Waals surface area contributed by atoms with Crippen LogP contribution in [-0.2, 0) is 11.3 Å². The van der Waals surface area contributed by atoms with Crippen LogP contribution in [0.2, 0.25) is 0 Å². The van der Waals surface area contributed by atoms with E-state index in [0.29, 0.717) is 35.0 Å². The lowest BCUT2D eigenvalue weighted by Crippen LogP contribution is -2.26. The Balaban J connectivity index is 1.36. The first-order valence-corrected chi connectivity index (χ1v) is 10.3. The highest BCUT2D eigenvalue weighted by molar-refractivity contribution is 6.04. The number of carbonyl (C=O) groups is 2. The van der Waals surface area contributed by atoms with Crippen molar-refractivity contribution in [2.45, 2.75) is 20.4 Å². The molecule has 3 aromatic rings. The van der Waals surface area contributed by atoms with Gasteiger partial charge in [0.25, 0.3) is 11.8 Å². The van der Waals surface area contributed by atoms with E-state index in [0.717, 1.165) is 16.7 Å². The molecule has 1 aliphatic heterocycles. The van der Waals surface area contributed by atoms with Crippen molar-refractivity contribution in [2.75, 3.05) is 18.7 Å². The van der Waals surface area contributed by atoms with Crippen molar-refractivity contribution >= 4 is 17.5 Å². The Morgan fingerprint density at radius 1 is 0.969 bits per heavy atom. The molecule has 3 aromatic carbocycles. The molecule has 32 heavy (non-hydrogen) atoms. The summed E-state index contributed by atoms with van der Waals surface area (Å²) < 4.78 is 16.3. The van der Waals surface area contributed by atoms with Gasteiger partial charge < -0.3 is 24.8 Å². The third-order valence-electron chi connectivity index (χ3n) is 5.03. The zero-order valence-corrected chi connectivity index (χ0v) is 17.9. The molecule has 164 valence electrons. The molecule has 2 amide bonds. The van der Waals surface area contributed by atoms with Crippen LogP contribution in [0, 0.1) is 13.8 Å². The maximum Gasteiger partial charge on any atom is 0.262 e. The van der Waals surface area contributed by atoms with Crippen molar-refractivity contribution in [2.24, 2.45) is 0 Å². The third-order valence-corrected chi connectivity index (χ3v) is 5.03. The van der Waals surface area contributed by atoms with Gasteiger partial charge in [-0.3, -0.25) is 9.59 Å². The molecule has 0 bridgehead atoms. The summed E-state index contributed by atoms with van der Waals surface area (Å²) in [7, 11) is 0. The fourth-order valence-corrected chi connectivity index (χ4v) is 3.41. The van der Waals surface area contributed by atoms with Gasteiger partial charge in [-0.2, -0.15) is 0 Å². The van der Waals surface area contributed by atoms with E-state index in [1.807, 2.05) is 50.2 Å². The molecule has 0 unspecified atom stereocenters. The summed E-state index contributed by atoms with van der Waals surface area (Å²) in [6, 6.07) is 18.1. The average Bonchev–Trinajstić information content (AvgIpc) is 3.25. The van der Waals surface area contributed by atoms with E-state index in [-0.39, 0.29) is 25.2 Å². The first kappa shape index (κ1) is 21.2. The van der Waals surface area contributed by atoms with Gasteiger partial charge in [0.2, 0.25) is 6.79 Å². The van der Waals surface area contributed by atoms with E-state index < -0.39 is 0 Å². The Morgan fingerprint density at radius 2 is 1.78 bits per heavy atom. The van der Waals surface area contributed by atoms with Crippen molar-refractivity contribution in [1.29, 1.82) is 0 Å². The molecule has 0 saturated carbocycles. The maximum absolute atomic E-state index is 12.8. The molecule has 0 radical (unpaired) electrons. The minimum Gasteiger partial charge on any atom is -0.483 e. The molecule has 0 saturated heterocycles. The second-order valence-corrected chi connectivity index (χ2v) is 7.52. The van der Waals surface area contributed by atoms with Gasteiger partial charge in [0, 0.05) is 6.54 Å². The number of benzene rings is 3. The van der Waals surface area contributed by atoms with Gasteiger partial charge in [0.05, 0.1) is 11.3 Å². The minimum absolute atomic E-state index is 0.156. The zero-order chi connectivity index (χ0) is 22.5. The first-order valence-electron chi connectivity index (χ1n) is 10.3. The summed E-state index contributed by atoms with van der Waals surface area (Å²) in [6.45, 7) is 4.29. The number of aryl methyl sites for hydroxylation is 2. The van der Waals surface area contributed by atoms with Crippen molar-refractivity contribution < 1.29 is 23.8 Å². The lowest BCUT2D eigenvalue weighted by atomic mass is 10.1. The smallest absolute Gasteiger partial charge is 0.262 e. The van der Waals surface area contributed by atoms with E-state index in [1.54, 1.807) is 24.3 Å². The van der Waals surface area contributed by atoms with Crippen molar-refractivity contribution in [3.8, 4) is 17.2 Å². The number of amides is 2. The van der Waals surface area contributed by atoms with Crippen LogP contribution in [0.5, 0.6) is 17.2 Å². The Kier molecular flexibility index (Phi) is 6.26. The molecule has 0 aromatic heterocycles. The minimum atomic E-state index is -0.346. The van der Waals surface area contributed by atoms with Gasteiger partial charge in [-0.25, -0.2) is 0 Å². The molecule has 0 aliphatic carbocycles. The van der Waals surface area contributed by atoms with Crippen LogP contribution >= 0.6 is 0 Å². The molecule has 0 spiro atoms. The fourth-order valence-electron chi connectivity index (χ4n) is 3.41. The van der Waals surface area contributed by atoms with Gasteiger partial charge in [0.1, 0.15) is 5.75 Å². The Morgan fingerprint density at radius 3 is 2.62 bits per heavy atom. The summed E-state index contributed by atoms with van der Waals surface area (Å²) in [5.41, 5.74) is 3.75. The topological polar surface area (TPSA) is 85.9 Å². The Labute approximate surface area is 186 Å². The normalized spacial score (nSPS) is 11.7. The predicted molar refractivity (Wildman–Crippen MR) is 120 cm³/mol. The lowest BCUT2D eigenvalue weighted by molar-refractivity contribution is -0.118. The molecule has 2 N–H and O–H groups in total. The van der Waals surface area contributed by atoms with Gasteiger partial charge >= 0.3 is 0 Å². The van der Waals surface area contributed by atoms with Gasteiger partial charge in [-0.05, 0) is 55.3 Å². The van der Waals surface area contributed by atoms with Crippen LogP contribution < -0.4 is 24.8 Å². The van der Waals surface area contributed by atoms with E-state index in [1.165, 1.54) is 0 Å². The summed E-state index contributed by atoms with van der Waals surface area (Å²) in [6.07, 6.45) is 0. The number of ether oxygens (including phenoxy) is 3. The van der Waals surface area contributed by atoms with Crippen LogP contribution in [-0.4, -0.2) is 25.2 Å². The number of hydrogen-bond donors (Lipinski definition) is 2. The van der Waals surface area contributed by atoms with Crippen LogP contribution in [0.15, 0.2) is 60.7 Å². The summed E-state index contributed by atoms with van der Waals surface area (Å²) >= 11 is 0. The largest absolute Gasteiger partial charge is 0.483 e. The Hall–Kier alpha value is -4.00. The third kappa shape index (κ3) is 5.00. The van der Waals surface area contributed by atoms with E-state index >= 15 is 0 Å². The molecule has 0 atom stereocenters. The standard InChI is InChI=1S/C25H24N2O5/c1-16-7-9-21(17(2)11-16)30-14-24(28)27-20-6-4-3-5-19(20)25(29)26-13-18-8-10-22-23(12-18)32-15-31-22/h3-12H,13-15H2,1-2H3,(H,26,29)(H,27,28). The maximum atomic E-state index is 12.8. The van der Waals surface area contributed by atoms with Crippen molar-refractivity contribution in [3.63, 3.8) is 0 Å². The molecule has 1 aliphatic rings. The molecule has 4 rings (SSSR count). The highest BCUT2D eigenvalue weighted by Gasteiger charge is 2.16. The second kappa shape index (κ2) is 9.43. The van der Waals surface area contributed by atoms with Gasteiger partial charge in [-0.15, -0.1) is 0 Å². The number of para-hydroxylation sites is 1. The number of nitrogens with one attached hydrogen (secondary N) is 2. The molecular weight excluding hydrogens is 408 g/mol. The SMILES string of the molecule is Cc1ccc(OCC(=O)Nc2ccccc2C(=O)NCc2ccc3c(c2)OCO3)c(C)c1. The number of fused-ring (bicyclic) bond motifs is 1. The summed E-state index contributed by atoms with van der Waals surface area (Å²) in [4.78, 5) is 25.2. The van der Waals surface area contributed by atoms with Crippen molar-refractivity contribution in [3.05, 3.63) is 82.9 Å². The molecule has 0 fully saturated rings. The van der Waals surface area contributed by atoms with E-state index in [9.17, 15) is 9.59 Å². The van der Waals surface area contributed by atoms with Crippen molar-refractivity contribution in [1.82, 2.24) is 5.32 Å². The quantitative estimate of drug-likeness (QED) is 0.590. The highest BCUT2D eigenvalue weighted by atomic mass is 16.7. The van der Waals surface area contributed by atoms with Crippen LogP contribution in [0.25, 0.3) is 0 Å². The van der Waals surface area contributed by atoms with Gasteiger partial charge in [-0.1, -0.05) is 35.9 Å². The van der Waals surface area contributed by atoms with Crippen LogP contribution in [0.3, 0.4) is 0 Å². The Bertz CT molecular complexity index is 1160. The number of hydrogen-bond acceptors (Lipinski definition) is 5.